The first-order valence-electron chi connectivity index (χ1n) is 6.66. The zero-order chi connectivity index (χ0) is 14.4. The highest BCUT2D eigenvalue weighted by atomic mass is 19.2. The van der Waals surface area contributed by atoms with Crippen molar-refractivity contribution < 1.29 is 13.6 Å². The van der Waals surface area contributed by atoms with Crippen molar-refractivity contribution in [1.82, 2.24) is 4.90 Å². The van der Waals surface area contributed by atoms with Crippen molar-refractivity contribution >= 4 is 5.78 Å². The fourth-order valence-corrected chi connectivity index (χ4v) is 1.90. The molecule has 106 valence electrons. The molecular formula is C15H21F2NO. The van der Waals surface area contributed by atoms with Crippen molar-refractivity contribution in [3.63, 3.8) is 0 Å². The summed E-state index contributed by atoms with van der Waals surface area (Å²) >= 11 is 0. The molecular weight excluding hydrogens is 248 g/mol. The highest BCUT2D eigenvalue weighted by molar-refractivity contribution is 5.99. The van der Waals surface area contributed by atoms with Gasteiger partial charge in [-0.05, 0) is 45.1 Å². The molecule has 0 saturated carbocycles. The van der Waals surface area contributed by atoms with E-state index in [-0.39, 0.29) is 17.4 Å². The van der Waals surface area contributed by atoms with Crippen molar-refractivity contribution in [2.24, 2.45) is 0 Å². The van der Waals surface area contributed by atoms with E-state index in [4.69, 9.17) is 0 Å². The van der Waals surface area contributed by atoms with E-state index in [0.29, 0.717) is 0 Å². The summed E-state index contributed by atoms with van der Waals surface area (Å²) in [4.78, 5) is 14.1. The summed E-state index contributed by atoms with van der Waals surface area (Å²) in [6.45, 7) is 4.73. The van der Waals surface area contributed by atoms with Crippen LogP contribution >= 0.6 is 0 Å². The average molecular weight is 269 g/mol. The second-order valence-corrected chi connectivity index (χ2v) is 4.86. The number of unbranched alkanes of at least 4 members (excludes halogenated alkanes) is 2. The lowest BCUT2D eigenvalue weighted by Crippen LogP contribution is -2.36. The van der Waals surface area contributed by atoms with Crippen LogP contribution in [-0.4, -0.2) is 30.3 Å². The third kappa shape index (κ3) is 4.39. The largest absolute Gasteiger partial charge is 0.297 e. The van der Waals surface area contributed by atoms with Crippen LogP contribution in [0.5, 0.6) is 0 Å². The third-order valence-electron chi connectivity index (χ3n) is 3.36. The highest BCUT2D eigenvalue weighted by Crippen LogP contribution is 2.13. The zero-order valence-electron chi connectivity index (χ0n) is 11.7. The van der Waals surface area contributed by atoms with E-state index in [9.17, 15) is 13.6 Å². The smallest absolute Gasteiger partial charge is 0.179 e. The topological polar surface area (TPSA) is 20.3 Å². The van der Waals surface area contributed by atoms with E-state index in [2.05, 4.69) is 6.92 Å². The molecule has 0 N–H and O–H groups in total. The van der Waals surface area contributed by atoms with Crippen molar-refractivity contribution in [2.45, 2.75) is 39.2 Å². The van der Waals surface area contributed by atoms with Crippen molar-refractivity contribution in [1.29, 1.82) is 0 Å². The van der Waals surface area contributed by atoms with Crippen LogP contribution in [0.2, 0.25) is 0 Å². The molecule has 0 aliphatic rings. The first-order valence-corrected chi connectivity index (χ1v) is 6.66. The minimum absolute atomic E-state index is 0.183. The van der Waals surface area contributed by atoms with E-state index in [1.807, 2.05) is 11.9 Å². The van der Waals surface area contributed by atoms with Gasteiger partial charge in [0.05, 0.1) is 6.04 Å². The lowest BCUT2D eigenvalue weighted by Gasteiger charge is -2.23. The number of Topliss-reactive ketones (excluding diaryl/α,β-unsaturated/α-hetero) is 1. The van der Waals surface area contributed by atoms with Gasteiger partial charge in [-0.1, -0.05) is 19.8 Å². The first kappa shape index (κ1) is 15.8. The summed E-state index contributed by atoms with van der Waals surface area (Å²) in [5.41, 5.74) is 0.216. The Balaban J connectivity index is 2.67. The highest BCUT2D eigenvalue weighted by Gasteiger charge is 2.20. The van der Waals surface area contributed by atoms with Crippen LogP contribution in [0.1, 0.15) is 43.5 Å². The number of carbonyl (C=O) groups excluding carboxylic acids is 1. The minimum atomic E-state index is -0.980. The van der Waals surface area contributed by atoms with E-state index >= 15 is 0 Å². The average Bonchev–Trinajstić information content (AvgIpc) is 2.40. The molecule has 0 radical (unpaired) electrons. The number of halogens is 2. The standard InChI is InChI=1S/C15H21F2NO/c1-4-5-6-9-18(3)11(2)15(19)12-7-8-13(16)14(17)10-12/h7-8,10-11H,4-6,9H2,1-3H3. The molecule has 2 nitrogen and oxygen atoms in total. The maximum absolute atomic E-state index is 13.1. The van der Waals surface area contributed by atoms with Gasteiger partial charge in [0, 0.05) is 5.56 Å². The Kier molecular flexibility index (Phi) is 6.09. The SMILES string of the molecule is CCCCCN(C)C(C)C(=O)c1ccc(F)c(F)c1. The number of hydrogen-bond acceptors (Lipinski definition) is 2. The molecule has 1 aromatic rings. The molecule has 1 unspecified atom stereocenters. The molecule has 0 bridgehead atoms. The van der Waals surface area contributed by atoms with Crippen LogP contribution in [0.25, 0.3) is 0 Å². The number of benzene rings is 1. The van der Waals surface area contributed by atoms with Crippen molar-refractivity contribution in [2.75, 3.05) is 13.6 Å². The first-order chi connectivity index (χ1) is 8.97. The number of carbonyl (C=O) groups is 1. The minimum Gasteiger partial charge on any atom is -0.297 e. The van der Waals surface area contributed by atoms with E-state index < -0.39 is 11.6 Å². The van der Waals surface area contributed by atoms with Gasteiger partial charge in [-0.3, -0.25) is 9.69 Å². The monoisotopic (exact) mass is 269 g/mol. The molecule has 1 aromatic carbocycles. The molecule has 0 aliphatic heterocycles. The van der Waals surface area contributed by atoms with E-state index in [1.54, 1.807) is 6.92 Å². The summed E-state index contributed by atoms with van der Waals surface area (Å²) < 4.78 is 25.9. The van der Waals surface area contributed by atoms with E-state index in [0.717, 1.165) is 37.9 Å². The number of nitrogens with zero attached hydrogens (tertiary/aromatic N) is 1. The van der Waals surface area contributed by atoms with Crippen LogP contribution < -0.4 is 0 Å². The zero-order valence-corrected chi connectivity index (χ0v) is 11.7. The summed E-state index contributed by atoms with van der Waals surface area (Å²) in [7, 11) is 1.87. The fourth-order valence-electron chi connectivity index (χ4n) is 1.90. The van der Waals surface area contributed by atoms with Crippen molar-refractivity contribution in [3.8, 4) is 0 Å². The molecule has 0 aliphatic carbocycles. The number of ketones is 1. The Bertz CT molecular complexity index is 434. The second kappa shape index (κ2) is 7.34. The summed E-state index contributed by atoms with van der Waals surface area (Å²) in [6.07, 6.45) is 3.28. The van der Waals surface area contributed by atoms with Gasteiger partial charge in [0.1, 0.15) is 0 Å². The molecule has 0 spiro atoms. The maximum Gasteiger partial charge on any atom is 0.179 e. The third-order valence-corrected chi connectivity index (χ3v) is 3.36. The van der Waals surface area contributed by atoms with Crippen LogP contribution in [-0.2, 0) is 0 Å². The Morgan fingerprint density at radius 3 is 2.53 bits per heavy atom. The predicted molar refractivity (Wildman–Crippen MR) is 72.3 cm³/mol. The van der Waals surface area contributed by atoms with Crippen molar-refractivity contribution in [3.05, 3.63) is 35.4 Å². The molecule has 0 amide bonds. The summed E-state index contributed by atoms with van der Waals surface area (Å²) in [5.74, 6) is -2.09. The summed E-state index contributed by atoms with van der Waals surface area (Å²) in [6, 6.07) is 2.96. The van der Waals surface area contributed by atoms with Crippen LogP contribution in [0.3, 0.4) is 0 Å². The number of hydrogen-bond donors (Lipinski definition) is 0. The number of rotatable bonds is 7. The van der Waals surface area contributed by atoms with Gasteiger partial charge in [-0.25, -0.2) is 8.78 Å². The Morgan fingerprint density at radius 2 is 1.95 bits per heavy atom. The van der Waals surface area contributed by atoms with E-state index in [1.165, 1.54) is 6.07 Å². The van der Waals surface area contributed by atoms with Gasteiger partial charge in [0.2, 0.25) is 0 Å². The molecule has 0 aromatic heterocycles. The van der Waals surface area contributed by atoms with Gasteiger partial charge in [0.15, 0.2) is 17.4 Å². The number of likely N-dealkylation sites (N-methyl/N-ethyl adjacent to an activating group) is 1. The Morgan fingerprint density at radius 1 is 1.26 bits per heavy atom. The van der Waals surface area contributed by atoms with Crippen LogP contribution in [0.4, 0.5) is 8.78 Å². The lowest BCUT2D eigenvalue weighted by molar-refractivity contribution is 0.0866. The molecule has 0 heterocycles. The molecule has 19 heavy (non-hydrogen) atoms. The van der Waals surface area contributed by atoms with Gasteiger partial charge in [-0.2, -0.15) is 0 Å². The Hall–Kier alpha value is -1.29. The summed E-state index contributed by atoms with van der Waals surface area (Å²) in [5, 5.41) is 0. The lowest BCUT2D eigenvalue weighted by atomic mass is 10.0. The molecule has 1 atom stereocenters. The molecule has 0 fully saturated rings. The van der Waals surface area contributed by atoms with Gasteiger partial charge < -0.3 is 0 Å². The second-order valence-electron chi connectivity index (χ2n) is 4.86. The van der Waals surface area contributed by atoms with Crippen LogP contribution in [0, 0.1) is 11.6 Å². The van der Waals surface area contributed by atoms with Gasteiger partial charge in [0.25, 0.3) is 0 Å². The molecule has 4 heteroatoms. The van der Waals surface area contributed by atoms with Gasteiger partial charge >= 0.3 is 0 Å². The molecule has 0 saturated heterocycles. The fraction of sp³-hybridized carbons (Fsp3) is 0.533. The Labute approximate surface area is 113 Å². The van der Waals surface area contributed by atoms with Gasteiger partial charge in [-0.15, -0.1) is 0 Å². The quantitative estimate of drug-likeness (QED) is 0.556. The van der Waals surface area contributed by atoms with Crippen LogP contribution in [0.15, 0.2) is 18.2 Å². The molecule has 1 rings (SSSR count). The predicted octanol–water partition coefficient (Wildman–Crippen LogP) is 3.66. The normalized spacial score (nSPS) is 12.7. The maximum atomic E-state index is 13.1.